The molecule has 1 heterocycles. The van der Waals surface area contributed by atoms with Gasteiger partial charge in [0.05, 0.1) is 6.54 Å². The van der Waals surface area contributed by atoms with Crippen LogP contribution in [-0.4, -0.2) is 23.6 Å². The topological polar surface area (TPSA) is 20.3 Å². The molecule has 0 atom stereocenters. The Bertz CT molecular complexity index is 648. The fourth-order valence-electron chi connectivity index (χ4n) is 2.12. The lowest BCUT2D eigenvalue weighted by molar-refractivity contribution is -0.129. The number of benzene rings is 1. The van der Waals surface area contributed by atoms with Crippen LogP contribution in [0.4, 0.5) is 0 Å². The van der Waals surface area contributed by atoms with Crippen molar-refractivity contribution in [2.75, 3.05) is 12.8 Å². The van der Waals surface area contributed by atoms with Crippen molar-refractivity contribution in [1.82, 2.24) is 4.90 Å². The van der Waals surface area contributed by atoms with Gasteiger partial charge < -0.3 is 4.90 Å². The lowest BCUT2D eigenvalue weighted by atomic mass is 10.1. The monoisotopic (exact) mass is 333 g/mol. The molecule has 0 aliphatic carbocycles. The maximum atomic E-state index is 12.2. The molecule has 2 rings (SSSR count). The average molecular weight is 334 g/mol. The zero-order chi connectivity index (χ0) is 16.1. The third kappa shape index (κ3) is 4.62. The molecule has 0 bridgehead atoms. The van der Waals surface area contributed by atoms with Crippen molar-refractivity contribution in [2.24, 2.45) is 0 Å². The van der Waals surface area contributed by atoms with Crippen molar-refractivity contribution < 1.29 is 4.79 Å². The van der Waals surface area contributed by atoms with Gasteiger partial charge in [-0.05, 0) is 61.0 Å². The zero-order valence-electron chi connectivity index (χ0n) is 13.7. The van der Waals surface area contributed by atoms with Crippen LogP contribution in [0.1, 0.15) is 28.0 Å². The van der Waals surface area contributed by atoms with Crippen molar-refractivity contribution in [3.05, 3.63) is 51.2 Å². The second-order valence-electron chi connectivity index (χ2n) is 5.62. The molecule has 2 aromatic rings. The average Bonchev–Trinajstić information content (AvgIpc) is 2.88. The summed E-state index contributed by atoms with van der Waals surface area (Å²) in [5.41, 5.74) is 3.89. The summed E-state index contributed by atoms with van der Waals surface area (Å²) < 4.78 is 0. The Morgan fingerprint density at radius 2 is 1.91 bits per heavy atom. The van der Waals surface area contributed by atoms with E-state index in [0.29, 0.717) is 6.42 Å². The number of amides is 1. The maximum Gasteiger partial charge on any atom is 0.223 e. The van der Waals surface area contributed by atoms with Crippen LogP contribution in [0.25, 0.3) is 0 Å². The van der Waals surface area contributed by atoms with Crippen molar-refractivity contribution in [2.45, 2.75) is 38.6 Å². The van der Waals surface area contributed by atoms with Gasteiger partial charge in [-0.25, -0.2) is 0 Å². The van der Waals surface area contributed by atoms with Gasteiger partial charge in [-0.2, -0.15) is 0 Å². The molecule has 0 saturated carbocycles. The first-order valence-electron chi connectivity index (χ1n) is 7.44. The van der Waals surface area contributed by atoms with Crippen molar-refractivity contribution >= 4 is 29.0 Å². The number of carbonyl (C=O) groups excluding carboxylic acids is 1. The summed E-state index contributed by atoms with van der Waals surface area (Å²) in [5.74, 6) is 1.04. The van der Waals surface area contributed by atoms with Gasteiger partial charge in [0.25, 0.3) is 0 Å². The molecule has 0 unspecified atom stereocenters. The second-order valence-corrected chi connectivity index (χ2v) is 7.79. The molecule has 2 nitrogen and oxygen atoms in total. The molecule has 1 aromatic heterocycles. The van der Waals surface area contributed by atoms with Gasteiger partial charge in [-0.1, -0.05) is 6.07 Å². The van der Waals surface area contributed by atoms with Gasteiger partial charge in [0, 0.05) is 29.0 Å². The Labute approximate surface area is 141 Å². The molecule has 0 fully saturated rings. The summed E-state index contributed by atoms with van der Waals surface area (Å²) in [6.07, 6.45) is 0.582. The number of hydrogen-bond donors (Lipinski definition) is 0. The number of aryl methyl sites for hydroxylation is 3. The summed E-state index contributed by atoms with van der Waals surface area (Å²) in [6, 6.07) is 8.58. The van der Waals surface area contributed by atoms with Gasteiger partial charge in [0.2, 0.25) is 5.91 Å². The Morgan fingerprint density at radius 3 is 2.55 bits per heavy atom. The molecule has 0 saturated heterocycles. The van der Waals surface area contributed by atoms with E-state index in [9.17, 15) is 4.79 Å². The van der Waals surface area contributed by atoms with E-state index < -0.39 is 0 Å². The predicted octanol–water partition coefficient (Wildman–Crippen LogP) is 4.81. The number of hydrogen-bond acceptors (Lipinski definition) is 3. The summed E-state index contributed by atoms with van der Waals surface area (Å²) in [5, 5.41) is 2.08. The number of thiophene rings is 1. The normalized spacial score (nSPS) is 10.7. The van der Waals surface area contributed by atoms with E-state index in [0.717, 1.165) is 12.3 Å². The zero-order valence-corrected chi connectivity index (χ0v) is 15.3. The molecule has 0 aliphatic rings. The number of rotatable bonds is 6. The highest BCUT2D eigenvalue weighted by atomic mass is 32.2. The van der Waals surface area contributed by atoms with Crippen LogP contribution < -0.4 is 0 Å². The molecule has 4 heteroatoms. The van der Waals surface area contributed by atoms with Crippen LogP contribution in [-0.2, 0) is 11.3 Å². The Balaban J connectivity index is 1.79. The molecule has 0 N–H and O–H groups in total. The largest absolute Gasteiger partial charge is 0.341 e. The van der Waals surface area contributed by atoms with Crippen LogP contribution in [0, 0.1) is 20.8 Å². The highest BCUT2D eigenvalue weighted by Crippen LogP contribution is 2.22. The minimum Gasteiger partial charge on any atom is -0.341 e. The Morgan fingerprint density at radius 1 is 1.14 bits per heavy atom. The lowest BCUT2D eigenvalue weighted by Gasteiger charge is -2.16. The van der Waals surface area contributed by atoms with Gasteiger partial charge >= 0.3 is 0 Å². The van der Waals surface area contributed by atoms with Crippen LogP contribution in [0.3, 0.4) is 0 Å². The molecular formula is C18H23NOS2. The fourth-order valence-corrected chi connectivity index (χ4v) is 4.02. The van der Waals surface area contributed by atoms with E-state index in [4.69, 9.17) is 0 Å². The summed E-state index contributed by atoms with van der Waals surface area (Å²) in [7, 11) is 1.89. The lowest BCUT2D eigenvalue weighted by Crippen LogP contribution is -2.26. The van der Waals surface area contributed by atoms with Crippen LogP contribution >= 0.6 is 23.1 Å². The quantitative estimate of drug-likeness (QED) is 0.707. The molecule has 1 aromatic carbocycles. The van der Waals surface area contributed by atoms with Gasteiger partial charge in [0.15, 0.2) is 0 Å². The van der Waals surface area contributed by atoms with Crippen LogP contribution in [0.2, 0.25) is 0 Å². The van der Waals surface area contributed by atoms with E-state index in [1.807, 2.05) is 11.9 Å². The SMILES string of the molecule is Cc1ccc(SCCC(=O)N(C)Cc2sccc2C)cc1C. The maximum absolute atomic E-state index is 12.2. The van der Waals surface area contributed by atoms with Crippen LogP contribution in [0.15, 0.2) is 34.5 Å². The second kappa shape index (κ2) is 7.84. The Hall–Kier alpha value is -1.26. The minimum absolute atomic E-state index is 0.212. The van der Waals surface area contributed by atoms with Gasteiger partial charge in [-0.3, -0.25) is 4.79 Å². The van der Waals surface area contributed by atoms with Crippen molar-refractivity contribution in [3.63, 3.8) is 0 Å². The number of thioether (sulfide) groups is 1. The van der Waals surface area contributed by atoms with Gasteiger partial charge in [-0.15, -0.1) is 23.1 Å². The molecule has 0 radical (unpaired) electrons. The third-order valence-electron chi connectivity index (χ3n) is 3.84. The highest BCUT2D eigenvalue weighted by Gasteiger charge is 2.11. The summed E-state index contributed by atoms with van der Waals surface area (Å²) >= 11 is 3.48. The Kier molecular flexibility index (Phi) is 6.09. The molecular weight excluding hydrogens is 310 g/mol. The van der Waals surface area contributed by atoms with Crippen molar-refractivity contribution in [3.8, 4) is 0 Å². The van der Waals surface area contributed by atoms with E-state index in [-0.39, 0.29) is 5.91 Å². The van der Waals surface area contributed by atoms with Crippen molar-refractivity contribution in [1.29, 1.82) is 0 Å². The smallest absolute Gasteiger partial charge is 0.223 e. The number of carbonyl (C=O) groups is 1. The van der Waals surface area contributed by atoms with E-state index in [2.05, 4.69) is 50.4 Å². The molecule has 0 aliphatic heterocycles. The number of nitrogens with zero attached hydrogens (tertiary/aromatic N) is 1. The summed E-state index contributed by atoms with van der Waals surface area (Å²) in [4.78, 5) is 16.6. The van der Waals surface area contributed by atoms with Gasteiger partial charge in [0.1, 0.15) is 0 Å². The first-order valence-corrected chi connectivity index (χ1v) is 9.31. The minimum atomic E-state index is 0.212. The molecule has 1 amide bonds. The highest BCUT2D eigenvalue weighted by molar-refractivity contribution is 7.99. The molecule has 0 spiro atoms. The molecule has 118 valence electrons. The van der Waals surface area contributed by atoms with E-state index in [1.165, 1.54) is 26.5 Å². The standard InChI is InChI=1S/C18H23NOS2/c1-13-5-6-16(11-15(13)3)21-10-8-18(20)19(4)12-17-14(2)7-9-22-17/h5-7,9,11H,8,10,12H2,1-4H3. The first-order chi connectivity index (χ1) is 10.5. The third-order valence-corrected chi connectivity index (χ3v) is 5.84. The fraction of sp³-hybridized carbons (Fsp3) is 0.389. The predicted molar refractivity (Wildman–Crippen MR) is 96.8 cm³/mol. The summed E-state index contributed by atoms with van der Waals surface area (Å²) in [6.45, 7) is 7.06. The molecule has 22 heavy (non-hydrogen) atoms. The first kappa shape index (κ1) is 17.1. The van der Waals surface area contributed by atoms with Crippen LogP contribution in [0.5, 0.6) is 0 Å². The van der Waals surface area contributed by atoms with E-state index in [1.54, 1.807) is 23.1 Å². The van der Waals surface area contributed by atoms with E-state index >= 15 is 0 Å².